The van der Waals surface area contributed by atoms with Crippen LogP contribution in [0.15, 0.2) is 29.3 Å². The molecular formula is C13H12F3N3O2. The molecule has 0 aromatic heterocycles. The molecule has 1 aliphatic carbocycles. The molecular weight excluding hydrogens is 287 g/mol. The Balaban J connectivity index is 1.77. The molecule has 8 heteroatoms. The van der Waals surface area contributed by atoms with Crippen molar-refractivity contribution in [3.63, 3.8) is 0 Å². The Morgan fingerprint density at radius 1 is 1.33 bits per heavy atom. The molecule has 1 unspecified atom stereocenters. The van der Waals surface area contributed by atoms with E-state index in [1.54, 1.807) is 0 Å². The van der Waals surface area contributed by atoms with Gasteiger partial charge in [0, 0.05) is 6.04 Å². The first-order valence-electron chi connectivity index (χ1n) is 6.42. The zero-order valence-electron chi connectivity index (χ0n) is 10.8. The van der Waals surface area contributed by atoms with Crippen LogP contribution < -0.4 is 15.4 Å². The van der Waals surface area contributed by atoms with Gasteiger partial charge in [-0.25, -0.2) is 4.99 Å². The number of benzene rings is 1. The summed E-state index contributed by atoms with van der Waals surface area (Å²) in [5.74, 6) is -0.372. The fourth-order valence-electron chi connectivity index (χ4n) is 2.01. The fraction of sp³-hybridized carbons (Fsp3) is 0.385. The first-order valence-corrected chi connectivity index (χ1v) is 6.42. The van der Waals surface area contributed by atoms with E-state index in [0.29, 0.717) is 17.6 Å². The maximum atomic E-state index is 12.2. The SMILES string of the molecule is O=C1NC(NC2CC2)=NC1c1cccc(OC(F)(F)F)c1. The molecule has 1 aliphatic heterocycles. The minimum atomic E-state index is -4.77. The highest BCUT2D eigenvalue weighted by Crippen LogP contribution is 2.28. The lowest BCUT2D eigenvalue weighted by Crippen LogP contribution is -2.37. The lowest BCUT2D eigenvalue weighted by Gasteiger charge is -2.11. The summed E-state index contributed by atoms with van der Waals surface area (Å²) >= 11 is 0. The van der Waals surface area contributed by atoms with Gasteiger partial charge < -0.3 is 10.1 Å². The maximum absolute atomic E-state index is 12.2. The van der Waals surface area contributed by atoms with Crippen LogP contribution >= 0.6 is 0 Å². The Hall–Kier alpha value is -2.25. The number of amides is 1. The van der Waals surface area contributed by atoms with E-state index >= 15 is 0 Å². The second-order valence-corrected chi connectivity index (χ2v) is 4.91. The van der Waals surface area contributed by atoms with Gasteiger partial charge in [-0.1, -0.05) is 12.1 Å². The normalized spacial score (nSPS) is 21.8. The Bertz CT molecular complexity index is 597. The predicted molar refractivity (Wildman–Crippen MR) is 67.6 cm³/mol. The number of carbonyl (C=O) groups excluding carboxylic acids is 1. The summed E-state index contributed by atoms with van der Waals surface area (Å²) in [6.45, 7) is 0. The van der Waals surface area contributed by atoms with Crippen molar-refractivity contribution in [1.82, 2.24) is 10.6 Å². The van der Waals surface area contributed by atoms with E-state index < -0.39 is 12.4 Å². The molecule has 0 bridgehead atoms. The molecule has 0 radical (unpaired) electrons. The van der Waals surface area contributed by atoms with Gasteiger partial charge in [0.05, 0.1) is 0 Å². The number of nitrogens with one attached hydrogen (secondary N) is 2. The Morgan fingerprint density at radius 2 is 2.10 bits per heavy atom. The molecule has 5 nitrogen and oxygen atoms in total. The molecule has 21 heavy (non-hydrogen) atoms. The van der Waals surface area contributed by atoms with Gasteiger partial charge >= 0.3 is 6.36 Å². The van der Waals surface area contributed by atoms with Crippen LogP contribution in [0.3, 0.4) is 0 Å². The Kier molecular flexibility index (Phi) is 3.23. The molecule has 1 amide bonds. The number of alkyl halides is 3. The molecule has 1 saturated carbocycles. The van der Waals surface area contributed by atoms with Crippen molar-refractivity contribution in [2.45, 2.75) is 31.3 Å². The third-order valence-electron chi connectivity index (χ3n) is 3.07. The number of carbonyl (C=O) groups is 1. The average molecular weight is 299 g/mol. The average Bonchev–Trinajstić information content (AvgIpc) is 3.10. The summed E-state index contributed by atoms with van der Waals surface area (Å²) in [6.07, 6.45) is -2.72. The highest BCUT2D eigenvalue weighted by atomic mass is 19.4. The molecule has 1 atom stereocenters. The number of guanidine groups is 1. The smallest absolute Gasteiger partial charge is 0.406 e. The minimum Gasteiger partial charge on any atom is -0.406 e. The number of rotatable bonds is 3. The van der Waals surface area contributed by atoms with Crippen molar-refractivity contribution < 1.29 is 22.7 Å². The van der Waals surface area contributed by atoms with Gasteiger partial charge in [-0.15, -0.1) is 13.2 Å². The zero-order chi connectivity index (χ0) is 15.0. The molecule has 2 aliphatic rings. The minimum absolute atomic E-state index is 0.322. The number of ether oxygens (including phenoxy) is 1. The highest BCUT2D eigenvalue weighted by molar-refractivity contribution is 6.05. The van der Waals surface area contributed by atoms with Gasteiger partial charge in [-0.05, 0) is 30.5 Å². The van der Waals surface area contributed by atoms with E-state index in [1.807, 2.05) is 0 Å². The fourth-order valence-corrected chi connectivity index (χ4v) is 2.01. The molecule has 112 valence electrons. The van der Waals surface area contributed by atoms with Gasteiger partial charge in [0.2, 0.25) is 0 Å². The van der Waals surface area contributed by atoms with E-state index in [9.17, 15) is 18.0 Å². The van der Waals surface area contributed by atoms with Crippen molar-refractivity contribution in [3.8, 4) is 5.75 Å². The second kappa shape index (κ2) is 4.94. The molecule has 0 spiro atoms. The molecule has 0 saturated heterocycles. The van der Waals surface area contributed by atoms with Crippen molar-refractivity contribution in [1.29, 1.82) is 0 Å². The third kappa shape index (κ3) is 3.45. The summed E-state index contributed by atoms with van der Waals surface area (Å²) in [5.41, 5.74) is 0.349. The summed E-state index contributed by atoms with van der Waals surface area (Å²) in [5, 5.41) is 5.62. The molecule has 3 rings (SSSR count). The molecule has 2 N–H and O–H groups in total. The van der Waals surface area contributed by atoms with E-state index in [4.69, 9.17) is 0 Å². The second-order valence-electron chi connectivity index (χ2n) is 4.91. The van der Waals surface area contributed by atoms with Crippen LogP contribution in [-0.2, 0) is 4.79 Å². The van der Waals surface area contributed by atoms with Gasteiger partial charge in [-0.3, -0.25) is 10.1 Å². The third-order valence-corrected chi connectivity index (χ3v) is 3.07. The van der Waals surface area contributed by atoms with Crippen molar-refractivity contribution >= 4 is 11.9 Å². The van der Waals surface area contributed by atoms with Crippen molar-refractivity contribution in [2.24, 2.45) is 4.99 Å². The van der Waals surface area contributed by atoms with Crippen molar-refractivity contribution in [3.05, 3.63) is 29.8 Å². The quantitative estimate of drug-likeness (QED) is 0.895. The van der Waals surface area contributed by atoms with Crippen LogP contribution in [0.4, 0.5) is 13.2 Å². The van der Waals surface area contributed by atoms with E-state index in [-0.39, 0.29) is 11.7 Å². The number of halogens is 3. The molecule has 1 fully saturated rings. The number of aliphatic imine (C=N–C) groups is 1. The van der Waals surface area contributed by atoms with Crippen LogP contribution in [0.2, 0.25) is 0 Å². The lowest BCUT2D eigenvalue weighted by atomic mass is 10.1. The number of hydrogen-bond acceptors (Lipinski definition) is 4. The van der Waals surface area contributed by atoms with Crippen LogP contribution in [0.1, 0.15) is 24.4 Å². The predicted octanol–water partition coefficient (Wildman–Crippen LogP) is 1.86. The number of hydrogen-bond donors (Lipinski definition) is 2. The Labute approximate surface area is 118 Å². The van der Waals surface area contributed by atoms with Gasteiger partial charge in [0.25, 0.3) is 5.91 Å². The summed E-state index contributed by atoms with van der Waals surface area (Å²) in [7, 11) is 0. The maximum Gasteiger partial charge on any atom is 0.573 e. The summed E-state index contributed by atoms with van der Waals surface area (Å²) < 4.78 is 40.4. The van der Waals surface area contributed by atoms with Crippen LogP contribution in [0.25, 0.3) is 0 Å². The van der Waals surface area contributed by atoms with E-state index in [2.05, 4.69) is 20.4 Å². The van der Waals surface area contributed by atoms with E-state index in [0.717, 1.165) is 12.8 Å². The highest BCUT2D eigenvalue weighted by Gasteiger charge is 2.33. The van der Waals surface area contributed by atoms with Crippen molar-refractivity contribution in [2.75, 3.05) is 0 Å². The van der Waals surface area contributed by atoms with Crippen LogP contribution in [0, 0.1) is 0 Å². The topological polar surface area (TPSA) is 62.7 Å². The Morgan fingerprint density at radius 3 is 2.76 bits per heavy atom. The molecule has 1 aromatic rings. The summed E-state index contributed by atoms with van der Waals surface area (Å²) in [4.78, 5) is 16.0. The lowest BCUT2D eigenvalue weighted by molar-refractivity contribution is -0.274. The first kappa shape index (κ1) is 13.7. The summed E-state index contributed by atoms with van der Waals surface area (Å²) in [6, 6.07) is 4.74. The van der Waals surface area contributed by atoms with Crippen LogP contribution in [-0.4, -0.2) is 24.3 Å². The standard InChI is InChI=1S/C13H12F3N3O2/c14-13(15,16)21-9-3-1-2-7(6-9)10-11(20)19-12(18-10)17-8-4-5-8/h1-3,6,8,10H,4-5H2,(H2,17,18,19,20). The van der Waals surface area contributed by atoms with Gasteiger partial charge in [0.15, 0.2) is 12.0 Å². The molecule has 1 aromatic carbocycles. The van der Waals surface area contributed by atoms with Gasteiger partial charge in [0.1, 0.15) is 5.75 Å². The molecule has 1 heterocycles. The monoisotopic (exact) mass is 299 g/mol. The zero-order valence-corrected chi connectivity index (χ0v) is 10.8. The van der Waals surface area contributed by atoms with Gasteiger partial charge in [-0.2, -0.15) is 0 Å². The van der Waals surface area contributed by atoms with E-state index in [1.165, 1.54) is 24.3 Å². The van der Waals surface area contributed by atoms with Crippen LogP contribution in [0.5, 0.6) is 5.75 Å². The first-order chi connectivity index (χ1) is 9.90. The largest absolute Gasteiger partial charge is 0.573 e. The number of nitrogens with zero attached hydrogens (tertiary/aromatic N) is 1.